The van der Waals surface area contributed by atoms with Crippen molar-refractivity contribution in [1.29, 1.82) is 0 Å². The summed E-state index contributed by atoms with van der Waals surface area (Å²) >= 11 is 0. The van der Waals surface area contributed by atoms with Gasteiger partial charge in [-0.2, -0.15) is 0 Å². The number of aromatic nitrogens is 1. The lowest BCUT2D eigenvalue weighted by atomic mass is 10.1. The number of rotatable bonds is 5. The molecule has 104 valence electrons. The molecule has 5 heteroatoms. The van der Waals surface area contributed by atoms with Crippen molar-refractivity contribution in [3.8, 4) is 0 Å². The van der Waals surface area contributed by atoms with Crippen molar-refractivity contribution in [2.45, 2.75) is 45.2 Å². The molecular formula is C14H22N4O. The molecule has 1 aromatic heterocycles. The molecule has 0 radical (unpaired) electrons. The average Bonchev–Trinajstić information content (AvgIpc) is 2.89. The average molecular weight is 262 g/mol. The normalized spacial score (nSPS) is 15.7. The van der Waals surface area contributed by atoms with Crippen LogP contribution in [0.4, 0.5) is 5.82 Å². The number of nitrogens with zero attached hydrogens (tertiary/aromatic N) is 2. The lowest BCUT2D eigenvalue weighted by Gasteiger charge is -2.30. The number of carbonyl (C=O) groups is 1. The summed E-state index contributed by atoms with van der Waals surface area (Å²) in [6.45, 7) is 2.72. The van der Waals surface area contributed by atoms with Crippen LogP contribution in [0.3, 0.4) is 0 Å². The van der Waals surface area contributed by atoms with Crippen molar-refractivity contribution in [2.75, 3.05) is 11.4 Å². The fraction of sp³-hybridized carbons (Fsp3) is 0.571. The van der Waals surface area contributed by atoms with E-state index in [0.717, 1.165) is 29.8 Å². The van der Waals surface area contributed by atoms with E-state index in [4.69, 9.17) is 11.5 Å². The first-order valence-electron chi connectivity index (χ1n) is 6.82. The quantitative estimate of drug-likeness (QED) is 0.831. The minimum atomic E-state index is -0.309. The fourth-order valence-corrected chi connectivity index (χ4v) is 2.80. The van der Waals surface area contributed by atoms with Gasteiger partial charge in [0.1, 0.15) is 5.82 Å². The number of anilines is 1. The summed E-state index contributed by atoms with van der Waals surface area (Å²) in [5, 5.41) is 0. The topological polar surface area (TPSA) is 85.2 Å². The van der Waals surface area contributed by atoms with Crippen molar-refractivity contribution in [1.82, 2.24) is 4.98 Å². The number of carbonyl (C=O) groups excluding carboxylic acids is 1. The van der Waals surface area contributed by atoms with Crippen LogP contribution in [-0.4, -0.2) is 23.5 Å². The predicted octanol–water partition coefficient (Wildman–Crippen LogP) is 1.08. The summed E-state index contributed by atoms with van der Waals surface area (Å²) in [6, 6.07) is 2.41. The highest BCUT2D eigenvalue weighted by atomic mass is 16.1. The van der Waals surface area contributed by atoms with Gasteiger partial charge in [-0.3, -0.25) is 4.79 Å². The van der Waals surface area contributed by atoms with E-state index >= 15 is 0 Å². The Balaban J connectivity index is 2.28. The number of pyridine rings is 1. The molecule has 2 rings (SSSR count). The van der Waals surface area contributed by atoms with Gasteiger partial charge in [-0.05, 0) is 37.0 Å². The molecule has 1 fully saturated rings. The molecule has 1 aliphatic carbocycles. The highest BCUT2D eigenvalue weighted by Crippen LogP contribution is 2.28. The molecule has 0 atom stereocenters. The second-order valence-electron chi connectivity index (χ2n) is 5.22. The van der Waals surface area contributed by atoms with Crippen molar-refractivity contribution < 1.29 is 4.79 Å². The Bertz CT molecular complexity index is 455. The Hall–Kier alpha value is -1.62. The smallest absolute Gasteiger partial charge is 0.237 e. The summed E-state index contributed by atoms with van der Waals surface area (Å²) in [5.74, 6) is 0.555. The van der Waals surface area contributed by atoms with Gasteiger partial charge in [0.25, 0.3) is 0 Å². The molecule has 1 amide bonds. The van der Waals surface area contributed by atoms with Crippen LogP contribution >= 0.6 is 0 Å². The summed E-state index contributed by atoms with van der Waals surface area (Å²) in [5.41, 5.74) is 13.1. The number of nitrogens with two attached hydrogens (primary N) is 2. The highest BCUT2D eigenvalue weighted by Gasteiger charge is 2.25. The molecule has 0 aliphatic heterocycles. The number of primary amides is 1. The third-order valence-electron chi connectivity index (χ3n) is 3.71. The molecule has 0 spiro atoms. The van der Waals surface area contributed by atoms with Crippen LogP contribution in [0.2, 0.25) is 0 Å². The molecule has 19 heavy (non-hydrogen) atoms. The van der Waals surface area contributed by atoms with Gasteiger partial charge >= 0.3 is 0 Å². The first-order chi connectivity index (χ1) is 9.11. The van der Waals surface area contributed by atoms with Gasteiger partial charge in [0.05, 0.1) is 6.54 Å². The summed E-state index contributed by atoms with van der Waals surface area (Å²) in [7, 11) is 0. The summed E-state index contributed by atoms with van der Waals surface area (Å²) in [4.78, 5) is 17.9. The van der Waals surface area contributed by atoms with E-state index in [1.165, 1.54) is 12.8 Å². The minimum Gasteiger partial charge on any atom is -0.368 e. The van der Waals surface area contributed by atoms with Gasteiger partial charge in [-0.1, -0.05) is 12.8 Å². The van der Waals surface area contributed by atoms with E-state index in [9.17, 15) is 4.79 Å². The molecule has 5 nitrogen and oxygen atoms in total. The van der Waals surface area contributed by atoms with E-state index in [1.807, 2.05) is 13.0 Å². The third-order valence-corrected chi connectivity index (χ3v) is 3.71. The van der Waals surface area contributed by atoms with E-state index in [0.29, 0.717) is 12.6 Å². The Labute approximate surface area is 114 Å². The van der Waals surface area contributed by atoms with Gasteiger partial charge < -0.3 is 16.4 Å². The molecule has 0 aromatic carbocycles. The second-order valence-corrected chi connectivity index (χ2v) is 5.22. The van der Waals surface area contributed by atoms with Gasteiger partial charge in [-0.15, -0.1) is 0 Å². The standard InChI is InChI=1S/C14H22N4O/c1-10-6-11(7-15)8-17-14(10)18(9-13(16)19)12-4-2-3-5-12/h6,8,12H,2-5,7,9,15H2,1H3,(H2,16,19). The zero-order valence-electron chi connectivity index (χ0n) is 11.4. The van der Waals surface area contributed by atoms with Crippen molar-refractivity contribution in [2.24, 2.45) is 11.5 Å². The Morgan fingerprint density at radius 3 is 2.68 bits per heavy atom. The molecule has 0 unspecified atom stereocenters. The zero-order valence-corrected chi connectivity index (χ0v) is 11.4. The maximum absolute atomic E-state index is 11.3. The fourth-order valence-electron chi connectivity index (χ4n) is 2.80. The number of hydrogen-bond donors (Lipinski definition) is 2. The Kier molecular flexibility index (Phi) is 4.37. The lowest BCUT2D eigenvalue weighted by Crippen LogP contribution is -2.41. The van der Waals surface area contributed by atoms with Crippen molar-refractivity contribution in [3.63, 3.8) is 0 Å². The molecule has 0 bridgehead atoms. The van der Waals surface area contributed by atoms with Crippen LogP contribution in [-0.2, 0) is 11.3 Å². The molecular weight excluding hydrogens is 240 g/mol. The predicted molar refractivity (Wildman–Crippen MR) is 75.7 cm³/mol. The largest absolute Gasteiger partial charge is 0.368 e. The molecule has 1 saturated carbocycles. The maximum atomic E-state index is 11.3. The van der Waals surface area contributed by atoms with Gasteiger partial charge in [-0.25, -0.2) is 4.98 Å². The lowest BCUT2D eigenvalue weighted by molar-refractivity contribution is -0.116. The van der Waals surface area contributed by atoms with Gasteiger partial charge in [0, 0.05) is 18.8 Å². The van der Waals surface area contributed by atoms with Crippen LogP contribution in [0.5, 0.6) is 0 Å². The van der Waals surface area contributed by atoms with E-state index in [-0.39, 0.29) is 12.5 Å². The molecule has 4 N–H and O–H groups in total. The van der Waals surface area contributed by atoms with Crippen LogP contribution < -0.4 is 16.4 Å². The number of amides is 1. The maximum Gasteiger partial charge on any atom is 0.237 e. The first kappa shape index (κ1) is 13.8. The Morgan fingerprint density at radius 1 is 1.47 bits per heavy atom. The molecule has 1 aromatic rings. The third kappa shape index (κ3) is 3.23. The van der Waals surface area contributed by atoms with Gasteiger partial charge in [0.15, 0.2) is 0 Å². The number of hydrogen-bond acceptors (Lipinski definition) is 4. The zero-order chi connectivity index (χ0) is 13.8. The first-order valence-corrected chi connectivity index (χ1v) is 6.82. The molecule has 1 heterocycles. The van der Waals surface area contributed by atoms with Crippen LogP contribution in [0.1, 0.15) is 36.8 Å². The van der Waals surface area contributed by atoms with Gasteiger partial charge in [0.2, 0.25) is 5.91 Å². The van der Waals surface area contributed by atoms with Crippen molar-refractivity contribution >= 4 is 11.7 Å². The second kappa shape index (κ2) is 6.02. The SMILES string of the molecule is Cc1cc(CN)cnc1N(CC(N)=O)C1CCCC1. The van der Waals surface area contributed by atoms with Crippen LogP contribution in [0.15, 0.2) is 12.3 Å². The molecule has 0 saturated heterocycles. The van der Waals surface area contributed by atoms with Crippen LogP contribution in [0.25, 0.3) is 0 Å². The summed E-state index contributed by atoms with van der Waals surface area (Å²) in [6.07, 6.45) is 6.41. The van der Waals surface area contributed by atoms with E-state index in [2.05, 4.69) is 9.88 Å². The van der Waals surface area contributed by atoms with E-state index < -0.39 is 0 Å². The monoisotopic (exact) mass is 262 g/mol. The van der Waals surface area contributed by atoms with Crippen molar-refractivity contribution in [3.05, 3.63) is 23.4 Å². The number of aryl methyl sites for hydroxylation is 1. The van der Waals surface area contributed by atoms with Crippen LogP contribution in [0, 0.1) is 6.92 Å². The molecule has 1 aliphatic rings. The van der Waals surface area contributed by atoms with E-state index in [1.54, 1.807) is 6.20 Å². The summed E-state index contributed by atoms with van der Waals surface area (Å²) < 4.78 is 0. The minimum absolute atomic E-state index is 0.237. The highest BCUT2D eigenvalue weighted by molar-refractivity contribution is 5.79. The Morgan fingerprint density at radius 2 is 2.16 bits per heavy atom.